The third-order valence-corrected chi connectivity index (χ3v) is 3.69. The Labute approximate surface area is 134 Å². The molecule has 0 fully saturated rings. The number of aromatic nitrogens is 1. The average molecular weight is 307 g/mol. The van der Waals surface area contributed by atoms with Crippen LogP contribution in [0.1, 0.15) is 0 Å². The zero-order valence-electron chi connectivity index (χ0n) is 13.0. The average Bonchev–Trinajstić information content (AvgIpc) is 2.92. The molecule has 116 valence electrons. The second-order valence-corrected chi connectivity index (χ2v) is 5.00. The van der Waals surface area contributed by atoms with Gasteiger partial charge in [0, 0.05) is 16.8 Å². The fourth-order valence-electron chi connectivity index (χ4n) is 2.60. The highest BCUT2D eigenvalue weighted by molar-refractivity contribution is 6.09. The van der Waals surface area contributed by atoms with Crippen molar-refractivity contribution in [2.45, 2.75) is 0 Å². The van der Waals surface area contributed by atoms with E-state index < -0.39 is 5.97 Å². The number of carbonyl (C=O) groups excluding carboxylic acids is 1. The number of rotatable bonds is 4. The molecule has 1 heterocycles. The minimum atomic E-state index is -0.421. The van der Waals surface area contributed by atoms with Gasteiger partial charge in [-0.25, -0.2) is 4.79 Å². The van der Waals surface area contributed by atoms with Gasteiger partial charge >= 0.3 is 5.97 Å². The first-order chi connectivity index (χ1) is 11.2. The highest BCUT2D eigenvalue weighted by atomic mass is 16.5. The Morgan fingerprint density at radius 3 is 1.96 bits per heavy atom. The molecule has 0 unspecified atom stereocenters. The zero-order chi connectivity index (χ0) is 16.2. The number of benzene rings is 2. The molecule has 0 aliphatic carbocycles. The number of methoxy groups -OCH3 is 2. The molecule has 4 heteroatoms. The van der Waals surface area contributed by atoms with Gasteiger partial charge in [-0.05, 0) is 18.2 Å². The first-order valence-electron chi connectivity index (χ1n) is 7.24. The van der Waals surface area contributed by atoms with Gasteiger partial charge in [0.25, 0.3) is 0 Å². The molecule has 0 bridgehead atoms. The van der Waals surface area contributed by atoms with Crippen molar-refractivity contribution in [1.82, 2.24) is 4.57 Å². The molecule has 0 spiro atoms. The number of nitrogens with zero attached hydrogens (tertiary/aromatic N) is 1. The SMILES string of the molecule is COC(=O)/C=C/C(=C\n1c2ccccc2c2ccccc21)OC. The normalized spacial score (nSPS) is 12.2. The topological polar surface area (TPSA) is 40.5 Å². The van der Waals surface area contributed by atoms with Crippen LogP contribution in [0.15, 0.2) is 66.4 Å². The minimum absolute atomic E-state index is 0.421. The van der Waals surface area contributed by atoms with Crippen molar-refractivity contribution < 1.29 is 14.3 Å². The van der Waals surface area contributed by atoms with Crippen LogP contribution in [0.2, 0.25) is 0 Å². The Kier molecular flexibility index (Phi) is 4.15. The van der Waals surface area contributed by atoms with Gasteiger partial charge in [-0.2, -0.15) is 0 Å². The lowest BCUT2D eigenvalue weighted by Crippen LogP contribution is -1.95. The maximum Gasteiger partial charge on any atom is 0.330 e. The van der Waals surface area contributed by atoms with E-state index in [1.165, 1.54) is 24.0 Å². The van der Waals surface area contributed by atoms with E-state index in [4.69, 9.17) is 4.74 Å². The van der Waals surface area contributed by atoms with Gasteiger partial charge in [-0.1, -0.05) is 36.4 Å². The number of ether oxygens (including phenoxy) is 2. The van der Waals surface area contributed by atoms with E-state index in [1.807, 2.05) is 30.5 Å². The Morgan fingerprint density at radius 1 is 0.870 bits per heavy atom. The molecule has 0 amide bonds. The molecule has 0 saturated carbocycles. The molecule has 0 radical (unpaired) electrons. The summed E-state index contributed by atoms with van der Waals surface area (Å²) >= 11 is 0. The summed E-state index contributed by atoms with van der Waals surface area (Å²) in [6.45, 7) is 0. The summed E-state index contributed by atoms with van der Waals surface area (Å²) < 4.78 is 12.0. The minimum Gasteiger partial charge on any atom is -0.495 e. The molecule has 0 aliphatic rings. The number of hydrogen-bond acceptors (Lipinski definition) is 3. The van der Waals surface area contributed by atoms with Crippen molar-refractivity contribution in [2.24, 2.45) is 0 Å². The monoisotopic (exact) mass is 307 g/mol. The summed E-state index contributed by atoms with van der Waals surface area (Å²) in [7, 11) is 2.91. The Hall–Kier alpha value is -3.01. The van der Waals surface area contributed by atoms with Crippen LogP contribution < -0.4 is 0 Å². The summed E-state index contributed by atoms with van der Waals surface area (Å²) in [6, 6.07) is 16.4. The maximum atomic E-state index is 11.3. The predicted octanol–water partition coefficient (Wildman–Crippen LogP) is 3.97. The second kappa shape index (κ2) is 6.40. The number of para-hydroxylation sites is 2. The van der Waals surface area contributed by atoms with Crippen LogP contribution >= 0.6 is 0 Å². The van der Waals surface area contributed by atoms with Crippen LogP contribution in [0, 0.1) is 0 Å². The van der Waals surface area contributed by atoms with Crippen molar-refractivity contribution in [1.29, 1.82) is 0 Å². The molecule has 4 nitrogen and oxygen atoms in total. The molecule has 1 aromatic heterocycles. The zero-order valence-corrected chi connectivity index (χ0v) is 13.0. The number of hydrogen-bond donors (Lipinski definition) is 0. The fourth-order valence-corrected chi connectivity index (χ4v) is 2.60. The molecular weight excluding hydrogens is 290 g/mol. The number of fused-ring (bicyclic) bond motifs is 3. The van der Waals surface area contributed by atoms with Crippen LogP contribution in [0.5, 0.6) is 0 Å². The molecule has 0 aliphatic heterocycles. The Balaban J connectivity index is 2.19. The van der Waals surface area contributed by atoms with Crippen molar-refractivity contribution >= 4 is 34.0 Å². The van der Waals surface area contributed by atoms with Gasteiger partial charge in [0.15, 0.2) is 0 Å². The summed E-state index contributed by atoms with van der Waals surface area (Å²) in [5.74, 6) is 0.136. The van der Waals surface area contributed by atoms with E-state index >= 15 is 0 Å². The fraction of sp³-hybridized carbons (Fsp3) is 0.105. The van der Waals surface area contributed by atoms with Crippen LogP contribution in [-0.2, 0) is 14.3 Å². The van der Waals surface area contributed by atoms with Gasteiger partial charge < -0.3 is 14.0 Å². The van der Waals surface area contributed by atoms with E-state index in [0.29, 0.717) is 5.76 Å². The van der Waals surface area contributed by atoms with E-state index in [9.17, 15) is 4.79 Å². The predicted molar refractivity (Wildman–Crippen MR) is 91.9 cm³/mol. The second-order valence-electron chi connectivity index (χ2n) is 5.00. The smallest absolute Gasteiger partial charge is 0.330 e. The first-order valence-corrected chi connectivity index (χ1v) is 7.24. The third-order valence-electron chi connectivity index (χ3n) is 3.69. The first kappa shape index (κ1) is 14.9. The van der Waals surface area contributed by atoms with Crippen LogP contribution in [0.3, 0.4) is 0 Å². The quantitative estimate of drug-likeness (QED) is 0.317. The number of allylic oxidation sites excluding steroid dienone is 1. The van der Waals surface area contributed by atoms with Gasteiger partial charge in [0.2, 0.25) is 0 Å². The van der Waals surface area contributed by atoms with Gasteiger partial charge in [-0.15, -0.1) is 0 Å². The highest BCUT2D eigenvalue weighted by Gasteiger charge is 2.08. The van der Waals surface area contributed by atoms with E-state index in [2.05, 4.69) is 33.6 Å². The van der Waals surface area contributed by atoms with Crippen molar-refractivity contribution in [2.75, 3.05) is 14.2 Å². The molecule has 0 saturated heterocycles. The molecule has 2 aromatic carbocycles. The summed E-state index contributed by atoms with van der Waals surface area (Å²) in [6.07, 6.45) is 4.79. The van der Waals surface area contributed by atoms with Crippen molar-refractivity contribution in [3.63, 3.8) is 0 Å². The lowest BCUT2D eigenvalue weighted by molar-refractivity contribution is -0.134. The third kappa shape index (κ3) is 2.83. The van der Waals surface area contributed by atoms with Crippen LogP contribution in [0.25, 0.3) is 28.0 Å². The lowest BCUT2D eigenvalue weighted by atomic mass is 10.2. The molecular formula is C19H17NO3. The van der Waals surface area contributed by atoms with Crippen molar-refractivity contribution in [3.8, 4) is 0 Å². The summed E-state index contributed by atoms with van der Waals surface area (Å²) in [4.78, 5) is 11.3. The molecule has 0 atom stereocenters. The number of carbonyl (C=O) groups is 1. The van der Waals surface area contributed by atoms with Crippen LogP contribution in [0.4, 0.5) is 0 Å². The molecule has 3 aromatic rings. The standard InChI is InChI=1S/C19H17NO3/c1-22-14(11-12-19(21)23-2)13-20-17-9-5-3-7-15(17)16-8-4-6-10-18(16)20/h3-13H,1-2H3/b12-11+,14-13+. The molecule has 23 heavy (non-hydrogen) atoms. The van der Waals surface area contributed by atoms with Gasteiger partial charge in [0.05, 0.1) is 31.5 Å². The molecule has 0 N–H and O–H groups in total. The Bertz CT molecular complexity index is 865. The Morgan fingerprint density at radius 2 is 1.43 bits per heavy atom. The highest BCUT2D eigenvalue weighted by Crippen LogP contribution is 2.29. The lowest BCUT2D eigenvalue weighted by Gasteiger charge is -2.04. The van der Waals surface area contributed by atoms with Gasteiger partial charge in [0.1, 0.15) is 5.76 Å². The summed E-state index contributed by atoms with van der Waals surface area (Å²) in [5, 5.41) is 2.35. The summed E-state index contributed by atoms with van der Waals surface area (Å²) in [5.41, 5.74) is 2.16. The van der Waals surface area contributed by atoms with E-state index in [1.54, 1.807) is 13.2 Å². The van der Waals surface area contributed by atoms with Crippen LogP contribution in [-0.4, -0.2) is 24.8 Å². The molecule has 3 rings (SSSR count). The van der Waals surface area contributed by atoms with E-state index in [-0.39, 0.29) is 0 Å². The van der Waals surface area contributed by atoms with Crippen molar-refractivity contribution in [3.05, 3.63) is 66.4 Å². The number of esters is 1. The van der Waals surface area contributed by atoms with E-state index in [0.717, 1.165) is 11.0 Å². The maximum absolute atomic E-state index is 11.3. The largest absolute Gasteiger partial charge is 0.495 e. The van der Waals surface area contributed by atoms with Gasteiger partial charge in [-0.3, -0.25) is 0 Å².